The number of oxime groups is 1. The Kier molecular flexibility index (Phi) is 5.64. The minimum Gasteiger partial charge on any atom is -0.411 e. The van der Waals surface area contributed by atoms with Crippen LogP contribution in [0.3, 0.4) is 0 Å². The molecule has 0 aliphatic rings. The molecule has 11 heteroatoms. The Morgan fingerprint density at radius 1 is 1.44 bits per heavy atom. The largest absolute Gasteiger partial charge is 0.411 e. The molecule has 0 saturated heterocycles. The quantitative estimate of drug-likeness (QED) is 0.369. The van der Waals surface area contributed by atoms with Crippen LogP contribution in [-0.4, -0.2) is 35.4 Å². The van der Waals surface area contributed by atoms with Gasteiger partial charge in [-0.05, 0) is 58.0 Å². The summed E-state index contributed by atoms with van der Waals surface area (Å²) in [5, 5.41) is 24.7. The third-order valence-electron chi connectivity index (χ3n) is 3.20. The Hall–Kier alpha value is -1.85. The first-order valence-electron chi connectivity index (χ1n) is 8.04. The highest BCUT2D eigenvalue weighted by molar-refractivity contribution is 9.10. The number of primary sulfonamides is 1. The van der Waals surface area contributed by atoms with Gasteiger partial charge < -0.3 is 5.21 Å². The second-order valence-electron chi connectivity index (χ2n) is 5.07. The lowest BCUT2D eigenvalue weighted by Crippen LogP contribution is -2.16. The van der Waals surface area contributed by atoms with E-state index in [4.69, 9.17) is 7.88 Å². The lowest BCUT2D eigenvalue weighted by molar-refractivity contribution is 0.300. The Morgan fingerprint density at radius 3 is 2.84 bits per heavy atom. The third kappa shape index (κ3) is 5.87. The number of hydrogen-bond acceptors (Lipinski definition) is 7. The van der Waals surface area contributed by atoms with Crippen LogP contribution in [0.15, 0.2) is 32.5 Å². The summed E-state index contributed by atoms with van der Waals surface area (Å²) in [6.45, 7) is 0. The fourth-order valence-electron chi connectivity index (χ4n) is 2.07. The third-order valence-corrected chi connectivity index (χ3v) is 4.41. The van der Waals surface area contributed by atoms with Crippen molar-refractivity contribution in [2.75, 3.05) is 5.70 Å². The van der Waals surface area contributed by atoms with E-state index in [1.54, 1.807) is 0 Å². The average molecular weight is 437 g/mol. The summed E-state index contributed by atoms with van der Waals surface area (Å²) >= 11 is 3.07. The first kappa shape index (κ1) is 16.6. The summed E-state index contributed by atoms with van der Waals surface area (Å²) in [7, 11) is -4.35. The van der Waals surface area contributed by atoms with E-state index in [1.165, 1.54) is 18.2 Å². The number of hydrogen-bond donors (Lipinski definition) is 2. The molecule has 0 amide bonds. The van der Waals surface area contributed by atoms with Gasteiger partial charge in [-0.15, -0.1) is 0 Å². The van der Waals surface area contributed by atoms with Crippen molar-refractivity contribution in [1.82, 2.24) is 10.3 Å². The number of nitrogens with zero attached hydrogens (tertiary/aromatic N) is 3. The van der Waals surface area contributed by atoms with E-state index in [0.717, 1.165) is 0 Å². The molecule has 1 aromatic carbocycles. The summed E-state index contributed by atoms with van der Waals surface area (Å²) in [5.41, 5.74) is -1.41. The van der Waals surface area contributed by atoms with Gasteiger partial charge in [-0.25, -0.2) is 22.6 Å². The number of benzene rings is 1. The minimum absolute atomic E-state index is 0.0887. The van der Waals surface area contributed by atoms with Crippen LogP contribution in [0.2, 0.25) is 0 Å². The van der Waals surface area contributed by atoms with Gasteiger partial charge in [-0.1, -0.05) is 16.4 Å². The van der Waals surface area contributed by atoms with Crippen LogP contribution in [0, 0.1) is 5.82 Å². The Morgan fingerprint density at radius 2 is 2.20 bits per heavy atom. The second kappa shape index (κ2) is 8.50. The summed E-state index contributed by atoms with van der Waals surface area (Å²) in [5.74, 6) is -0.436. The molecule has 25 heavy (non-hydrogen) atoms. The van der Waals surface area contributed by atoms with Crippen LogP contribution in [0.4, 0.5) is 4.39 Å². The monoisotopic (exact) mass is 436 g/mol. The summed E-state index contributed by atoms with van der Waals surface area (Å²) in [4.78, 5) is 0. The molecule has 0 spiro atoms. The molecular formula is C14H16BrFN4O4S. The predicted molar refractivity (Wildman–Crippen MR) is 91.3 cm³/mol. The molecular weight excluding hydrogens is 419 g/mol. The second-order valence-corrected chi connectivity index (χ2v) is 7.31. The van der Waals surface area contributed by atoms with Gasteiger partial charge in [0.1, 0.15) is 17.2 Å². The molecule has 1 heterocycles. The Balaban J connectivity index is 2.11. The van der Waals surface area contributed by atoms with E-state index >= 15 is 0 Å². The zero-order chi connectivity index (χ0) is 20.2. The predicted octanol–water partition coefficient (Wildman–Crippen LogP) is 2.00. The van der Waals surface area contributed by atoms with Crippen molar-refractivity contribution in [3.05, 3.63) is 45.4 Å². The zero-order valence-corrected chi connectivity index (χ0v) is 15.2. The molecule has 2 aromatic rings. The number of nitrogens with two attached hydrogens (primary N) is 1. The van der Waals surface area contributed by atoms with Crippen LogP contribution >= 0.6 is 15.9 Å². The van der Waals surface area contributed by atoms with Gasteiger partial charge in [0.15, 0.2) is 5.69 Å². The first-order valence-corrected chi connectivity index (χ1v) is 9.38. The van der Waals surface area contributed by atoms with Gasteiger partial charge in [0.05, 0.1) is 10.2 Å². The highest BCUT2D eigenvalue weighted by Crippen LogP contribution is 2.19. The molecule has 0 aliphatic heterocycles. The number of aryl methyl sites for hydroxylation is 1. The van der Waals surface area contributed by atoms with Gasteiger partial charge >= 0.3 is 0 Å². The van der Waals surface area contributed by atoms with Gasteiger partial charge in [0, 0.05) is 9.16 Å². The lowest BCUT2D eigenvalue weighted by Gasteiger charge is -2.05. The molecule has 0 radical (unpaired) electrons. The molecule has 136 valence electrons. The topological polar surface area (TPSA) is 132 Å². The fourth-order valence-corrected chi connectivity index (χ4v) is 2.92. The first-order chi connectivity index (χ1) is 12.5. The van der Waals surface area contributed by atoms with Crippen LogP contribution in [-0.2, 0) is 22.9 Å². The van der Waals surface area contributed by atoms with Crippen molar-refractivity contribution < 1.29 is 25.4 Å². The molecule has 3 N–H and O–H groups in total. The number of halogens is 2. The highest BCUT2D eigenvalue weighted by atomic mass is 79.9. The van der Waals surface area contributed by atoms with Gasteiger partial charge in [0.25, 0.3) is 0 Å². The van der Waals surface area contributed by atoms with E-state index in [2.05, 4.69) is 36.0 Å². The molecule has 0 unspecified atom stereocenters. The van der Waals surface area contributed by atoms with Crippen LogP contribution in [0.1, 0.15) is 32.5 Å². The smallest absolute Gasteiger partial charge is 0.209 e. The normalized spacial score (nSPS) is 14.3. The molecule has 0 bridgehead atoms. The maximum atomic E-state index is 13.3. The van der Waals surface area contributed by atoms with Crippen LogP contribution < -0.4 is 5.14 Å². The Labute approximate surface area is 154 Å². The van der Waals surface area contributed by atoms with Crippen molar-refractivity contribution >= 4 is 31.7 Å². The zero-order valence-electron chi connectivity index (χ0n) is 14.8. The van der Waals surface area contributed by atoms with Gasteiger partial charge in [-0.3, -0.25) is 0 Å². The highest BCUT2D eigenvalue weighted by Gasteiger charge is 2.18. The Bertz CT molecular complexity index is 952. The van der Waals surface area contributed by atoms with E-state index in [-0.39, 0.29) is 47.3 Å². The molecule has 0 aliphatic carbocycles. The number of aromatic nitrogens is 2. The SMILES string of the molecule is [2H]C([2H])(CCCc1nonc1/C(Cc1ccc(F)c(Br)c1)=N/O)S(N)(=O)=O. The number of sulfonamides is 1. The minimum atomic E-state index is -4.35. The number of rotatable bonds is 8. The van der Waals surface area contributed by atoms with Gasteiger partial charge in [-0.2, -0.15) is 0 Å². The molecule has 8 nitrogen and oxygen atoms in total. The van der Waals surface area contributed by atoms with Crippen LogP contribution in [0.5, 0.6) is 0 Å². The maximum Gasteiger partial charge on any atom is 0.209 e. The molecule has 2 rings (SSSR count). The van der Waals surface area contributed by atoms with E-state index < -0.39 is 21.5 Å². The molecule has 0 saturated carbocycles. The average Bonchev–Trinajstić information content (AvgIpc) is 3.03. The van der Waals surface area contributed by atoms with Crippen molar-refractivity contribution in [3.8, 4) is 0 Å². The van der Waals surface area contributed by atoms with Crippen LogP contribution in [0.25, 0.3) is 0 Å². The van der Waals surface area contributed by atoms with E-state index in [9.17, 15) is 18.0 Å². The summed E-state index contributed by atoms with van der Waals surface area (Å²) in [6, 6.07) is 4.29. The van der Waals surface area contributed by atoms with Crippen molar-refractivity contribution in [2.24, 2.45) is 10.3 Å². The van der Waals surface area contributed by atoms with E-state index in [1.807, 2.05) is 0 Å². The maximum absolute atomic E-state index is 13.3. The van der Waals surface area contributed by atoms with Gasteiger partial charge in [0.2, 0.25) is 10.0 Å². The molecule has 1 aromatic heterocycles. The molecule has 0 atom stereocenters. The fraction of sp³-hybridized carbons (Fsp3) is 0.357. The summed E-state index contributed by atoms with van der Waals surface area (Å²) < 4.78 is 55.6. The van der Waals surface area contributed by atoms with Crippen molar-refractivity contribution in [3.63, 3.8) is 0 Å². The lowest BCUT2D eigenvalue weighted by atomic mass is 10.0. The standard InChI is InChI=1S/C14H16BrFN4O4S/c15-10-7-9(4-5-11(10)16)8-13(18-21)14-12(19-24-20-14)3-1-2-6-25(17,22)23/h4-5,7,21H,1-3,6,8H2,(H2,17,22,23)/b18-13+/i6D2. The van der Waals surface area contributed by atoms with Crippen molar-refractivity contribution in [2.45, 2.75) is 25.7 Å². The van der Waals surface area contributed by atoms with E-state index in [0.29, 0.717) is 5.56 Å². The van der Waals surface area contributed by atoms with Crippen molar-refractivity contribution in [1.29, 1.82) is 0 Å². The molecule has 0 fully saturated rings. The summed E-state index contributed by atoms with van der Waals surface area (Å²) in [6.07, 6.45) is -0.0330.